The zero-order chi connectivity index (χ0) is 79.6. The molecule has 0 spiro atoms. The lowest BCUT2D eigenvalue weighted by molar-refractivity contribution is -0.175. The Hall–Kier alpha value is -7.83. The molecule has 43 nitrogen and oxygen atoms in total. The van der Waals surface area contributed by atoms with Gasteiger partial charge in [0.1, 0.15) is 38.3 Å². The van der Waals surface area contributed by atoms with E-state index in [2.05, 4.69) is 43.8 Å². The number of hydrogen-bond donors (Lipinski definition) is 21. The standard InChI is InChI=1S/C13H24N2O8.C13H24O6.C9H16O6.C8H12O7S.C8H14O7.C7H12O7/c16-9-11(19)23-13(21)15-7-4-2-1-3-6-14-12(20)22-8-5-10(17)18;14-10-11(15)6-4-5-9-19-13(18)8-3-1-2-7-12(16)17;1-9(2,8(13)14)4-3-6(11)15-7(12)5-10;1-4(10)16-5(8(13)14)2-6(11)15-7(12)3-9;9-5-8(13)15-4-3-14-7(12)2-1-6(10)11;8-3-7(13)14-4(1-5(9)10)2-6(11)12/h11,16,19H,1-9H2,(H,14,20)(H,15,21)(H,17,18);11,14-15H,1-10H2,(H,16,17);7,10,12H,3-5H2,1-2H3,(H,13,14);5,7,9,12H,2-3H2,1H3,(H,13,14);8-9,13H,1-5H2,(H,10,11);4,7-8,13H,1-3H2,(H,9,10)(H,11,12). The minimum Gasteiger partial charge on any atom is -0.481 e. The van der Waals surface area contributed by atoms with Crippen LogP contribution in [0.3, 0.4) is 0 Å². The summed E-state index contributed by atoms with van der Waals surface area (Å²) in [5.74, 6) is -10.3. The molecule has 0 aromatic rings. The number of nitrogens with one attached hydrogen (secondary N) is 2. The van der Waals surface area contributed by atoms with Crippen LogP contribution in [-0.2, 0) is 95.4 Å². The largest absolute Gasteiger partial charge is 0.481 e. The van der Waals surface area contributed by atoms with Crippen LogP contribution in [0.2, 0.25) is 0 Å². The highest BCUT2D eigenvalue weighted by Crippen LogP contribution is 2.23. The van der Waals surface area contributed by atoms with Crippen LogP contribution < -0.4 is 10.6 Å². The summed E-state index contributed by atoms with van der Waals surface area (Å²) in [5.41, 5.74) is -1.01. The summed E-state index contributed by atoms with van der Waals surface area (Å²) in [6, 6.07) is 0. The van der Waals surface area contributed by atoms with Crippen molar-refractivity contribution in [2.45, 2.75) is 198 Å². The van der Waals surface area contributed by atoms with Crippen molar-refractivity contribution in [1.29, 1.82) is 0 Å². The lowest BCUT2D eigenvalue weighted by Crippen LogP contribution is -2.31. The topological polar surface area (TPSA) is 721 Å². The minimum atomic E-state index is -1.68. The normalized spacial score (nSPS) is 12.5. The third-order valence-electron chi connectivity index (χ3n) is 11.2. The van der Waals surface area contributed by atoms with Crippen LogP contribution in [0.25, 0.3) is 0 Å². The second kappa shape index (κ2) is 68.9. The van der Waals surface area contributed by atoms with Gasteiger partial charge in [0.15, 0.2) is 17.7 Å². The number of carboxylic acids is 7. The van der Waals surface area contributed by atoms with Gasteiger partial charge in [-0.3, -0.25) is 57.5 Å². The van der Waals surface area contributed by atoms with Gasteiger partial charge >= 0.3 is 77.8 Å². The van der Waals surface area contributed by atoms with E-state index in [1.165, 1.54) is 20.8 Å². The first kappa shape index (κ1) is 105. The number of ether oxygens (including phenoxy) is 8. The summed E-state index contributed by atoms with van der Waals surface area (Å²) in [4.78, 5) is 149. The Kier molecular flexibility index (Phi) is 71.0. The minimum absolute atomic E-state index is 0.0550. The number of unbranched alkanes of at least 4 members (excludes halogenated alkanes) is 6. The first-order valence-electron chi connectivity index (χ1n) is 31.0. The Balaban J connectivity index is -0.000000273. The monoisotopic (exact) mass is 1510 g/mol. The summed E-state index contributed by atoms with van der Waals surface area (Å²) in [6.07, 6.45) is -5.84. The Morgan fingerprint density at radius 3 is 1.32 bits per heavy atom. The zero-order valence-corrected chi connectivity index (χ0v) is 57.4. The molecular formula is C58H102N2O41S. The smallest absolute Gasteiger partial charge is 0.409 e. The fourth-order valence-electron chi connectivity index (χ4n) is 6.06. The lowest BCUT2D eigenvalue weighted by atomic mass is 9.88. The van der Waals surface area contributed by atoms with E-state index in [9.17, 15) is 67.1 Å². The third kappa shape index (κ3) is 81.1. The number of carbonyl (C=O) groups excluding carboxylic acids is 7. The number of esters is 4. The summed E-state index contributed by atoms with van der Waals surface area (Å²) in [5, 5.41) is 166. The van der Waals surface area contributed by atoms with Crippen molar-refractivity contribution in [2.24, 2.45) is 5.41 Å². The van der Waals surface area contributed by atoms with E-state index in [1.54, 1.807) is 0 Å². The molecule has 2 amide bonds. The molecule has 0 radical (unpaired) electrons. The number of alkyl carbamates (subject to hydrolysis) is 2. The SMILES string of the molecule is CC(=O)SC(CC(=O)OC(O)CO)C(=O)O.CC(C)(CCC(=O)OC(O)CO)C(=O)O.O=C(O)CC(CC(=O)O)OC(O)CO.O=C(O)CCC(=O)OCCOC(O)CO.O=C(O)CCCCCC(=O)OCCCCC(O)CO.O=C(O)CCOC(=O)NCCCCCCNC(=O)OC(O)CO. The van der Waals surface area contributed by atoms with Gasteiger partial charge in [-0.05, 0) is 65.2 Å². The van der Waals surface area contributed by atoms with E-state index < -0.39 is 184 Å². The highest BCUT2D eigenvalue weighted by Gasteiger charge is 2.29. The Labute approximate surface area is 588 Å². The van der Waals surface area contributed by atoms with E-state index in [-0.39, 0.29) is 70.9 Å². The van der Waals surface area contributed by atoms with Crippen molar-refractivity contribution in [2.75, 3.05) is 79.2 Å². The quantitative estimate of drug-likeness (QED) is 0.0124. The van der Waals surface area contributed by atoms with Gasteiger partial charge < -0.3 is 146 Å². The van der Waals surface area contributed by atoms with Gasteiger partial charge in [0.2, 0.25) is 18.9 Å². The highest BCUT2D eigenvalue weighted by molar-refractivity contribution is 8.14. The van der Waals surface area contributed by atoms with Gasteiger partial charge in [-0.1, -0.05) is 31.0 Å². The maximum absolute atomic E-state index is 11.3. The van der Waals surface area contributed by atoms with Crippen LogP contribution in [0.15, 0.2) is 0 Å². The first-order valence-corrected chi connectivity index (χ1v) is 31.8. The molecule has 7 atom stereocenters. The Morgan fingerprint density at radius 2 is 0.863 bits per heavy atom. The molecule has 0 fully saturated rings. The number of carboxylic acid groups (broad SMARTS) is 7. The average molecular weight is 1520 g/mol. The Bertz CT molecular complexity index is 2330. The molecule has 102 heavy (non-hydrogen) atoms. The van der Waals surface area contributed by atoms with Crippen LogP contribution in [0.5, 0.6) is 0 Å². The number of carbonyl (C=O) groups is 14. The van der Waals surface area contributed by atoms with Gasteiger partial charge in [-0.2, -0.15) is 0 Å². The molecule has 0 aromatic carbocycles. The van der Waals surface area contributed by atoms with Crippen LogP contribution in [-0.4, -0.2) is 308 Å². The van der Waals surface area contributed by atoms with Gasteiger partial charge in [-0.25, -0.2) is 9.59 Å². The van der Waals surface area contributed by atoms with E-state index in [1.807, 2.05) is 0 Å². The molecule has 0 aliphatic carbocycles. The van der Waals surface area contributed by atoms with Crippen LogP contribution in [0.4, 0.5) is 9.59 Å². The van der Waals surface area contributed by atoms with Crippen LogP contribution in [0.1, 0.15) is 149 Å². The zero-order valence-electron chi connectivity index (χ0n) is 56.6. The van der Waals surface area contributed by atoms with E-state index in [0.717, 1.165) is 19.3 Å². The van der Waals surface area contributed by atoms with Gasteiger partial charge in [0.25, 0.3) is 0 Å². The van der Waals surface area contributed by atoms with Crippen molar-refractivity contribution < 1.29 is 202 Å². The average Bonchev–Trinajstić information content (AvgIpc) is 0.908. The van der Waals surface area contributed by atoms with E-state index in [0.29, 0.717) is 82.8 Å². The number of hydrogen-bond acceptors (Lipinski definition) is 35. The maximum atomic E-state index is 11.3. The predicted octanol–water partition coefficient (Wildman–Crippen LogP) is -3.08. The first-order chi connectivity index (χ1) is 47.7. The number of thioether (sulfide) groups is 1. The second-order valence-electron chi connectivity index (χ2n) is 20.9. The van der Waals surface area contributed by atoms with E-state index in [4.69, 9.17) is 102 Å². The van der Waals surface area contributed by atoms with Gasteiger partial charge in [0.05, 0.1) is 89.2 Å². The molecule has 0 aromatic heterocycles. The van der Waals surface area contributed by atoms with Gasteiger partial charge in [0, 0.05) is 39.3 Å². The van der Waals surface area contributed by atoms with Crippen molar-refractivity contribution in [3.8, 4) is 0 Å². The summed E-state index contributed by atoms with van der Waals surface area (Å²) < 4.78 is 36.3. The number of aliphatic carboxylic acids is 7. The molecule has 7 unspecified atom stereocenters. The fourth-order valence-corrected chi connectivity index (χ4v) is 6.78. The van der Waals surface area contributed by atoms with Crippen molar-refractivity contribution >= 4 is 94.7 Å². The molecule has 0 rings (SSSR count). The second-order valence-corrected chi connectivity index (χ2v) is 22.3. The maximum Gasteiger partial charge on any atom is 0.409 e. The van der Waals surface area contributed by atoms with Crippen molar-refractivity contribution in [3.05, 3.63) is 0 Å². The molecule has 0 aliphatic rings. The third-order valence-corrected chi connectivity index (χ3v) is 12.2. The van der Waals surface area contributed by atoms with Crippen molar-refractivity contribution in [1.82, 2.24) is 10.6 Å². The predicted molar refractivity (Wildman–Crippen MR) is 339 cm³/mol. The van der Waals surface area contributed by atoms with Crippen LogP contribution >= 0.6 is 11.8 Å². The molecule has 0 bridgehead atoms. The molecule has 596 valence electrons. The van der Waals surface area contributed by atoms with Gasteiger partial charge in [-0.15, -0.1) is 0 Å². The lowest BCUT2D eigenvalue weighted by Gasteiger charge is -2.18. The number of rotatable bonds is 51. The molecule has 0 heterocycles. The van der Waals surface area contributed by atoms with Crippen LogP contribution in [0, 0.1) is 5.41 Å². The molecule has 0 saturated carbocycles. The summed E-state index contributed by atoms with van der Waals surface area (Å²) in [6.45, 7) is 1.39. The number of aliphatic hydroxyl groups is 12. The molecule has 0 aliphatic heterocycles. The molecule has 44 heteroatoms. The van der Waals surface area contributed by atoms with E-state index >= 15 is 0 Å². The summed E-state index contributed by atoms with van der Waals surface area (Å²) >= 11 is 0.487. The number of aliphatic hydroxyl groups excluding tert-OH is 12. The van der Waals surface area contributed by atoms with Crippen molar-refractivity contribution in [3.63, 3.8) is 0 Å². The fraction of sp³-hybridized carbons (Fsp3) is 0.759. The summed E-state index contributed by atoms with van der Waals surface area (Å²) in [7, 11) is 0. The molecular weight excluding hydrogens is 1410 g/mol. The highest BCUT2D eigenvalue weighted by atomic mass is 32.2. The number of amides is 2. The Morgan fingerprint density at radius 1 is 0.402 bits per heavy atom. The molecule has 21 N–H and O–H groups in total. The molecule has 0 saturated heterocycles.